The summed E-state index contributed by atoms with van der Waals surface area (Å²) >= 11 is 0. The van der Waals surface area contributed by atoms with Crippen molar-refractivity contribution < 1.29 is 14.4 Å². The molecule has 186 valence electrons. The molecular weight excluding hydrogens is 444 g/mol. The number of nitrogens with one attached hydrogen (secondary N) is 1. The molecule has 4 rings (SSSR count). The van der Waals surface area contributed by atoms with Crippen LogP contribution >= 0.6 is 0 Å². The van der Waals surface area contributed by atoms with Crippen LogP contribution in [0.3, 0.4) is 0 Å². The number of unbranched alkanes of at least 4 members (excludes halogenated alkanes) is 1. The molecule has 1 saturated carbocycles. The Kier molecular flexibility index (Phi) is 8.00. The van der Waals surface area contributed by atoms with Gasteiger partial charge in [-0.3, -0.25) is 19.2 Å². The average Bonchev–Trinajstić information content (AvgIpc) is 2.89. The fourth-order valence-electron chi connectivity index (χ4n) is 4.87. The molecule has 0 bridgehead atoms. The second-order valence-corrected chi connectivity index (χ2v) is 9.37. The molecule has 0 atom stereocenters. The van der Waals surface area contributed by atoms with E-state index in [4.69, 9.17) is 0 Å². The molecule has 0 radical (unpaired) electrons. The number of para-hydroxylation sites is 1. The third-order valence-electron chi connectivity index (χ3n) is 6.91. The lowest BCUT2D eigenvalue weighted by Gasteiger charge is -2.34. The Hall–Kier alpha value is -3.42. The van der Waals surface area contributed by atoms with Crippen molar-refractivity contribution in [3.05, 3.63) is 64.1 Å². The Morgan fingerprint density at radius 3 is 2.37 bits per heavy atom. The maximum Gasteiger partial charge on any atom is 0.259 e. The largest absolute Gasteiger partial charge is 0.352 e. The molecule has 8 heteroatoms. The van der Waals surface area contributed by atoms with E-state index >= 15 is 0 Å². The number of carbonyl (C=O) groups is 3. The molecule has 3 amide bonds. The summed E-state index contributed by atoms with van der Waals surface area (Å²) in [5, 5.41) is 2.81. The van der Waals surface area contributed by atoms with Crippen molar-refractivity contribution in [3.8, 4) is 0 Å². The van der Waals surface area contributed by atoms with E-state index in [1.54, 1.807) is 17.3 Å². The first-order valence-electron chi connectivity index (χ1n) is 12.7. The molecule has 8 nitrogen and oxygen atoms in total. The Balaban J connectivity index is 1.60. The normalized spacial score (nSPS) is 16.9. The summed E-state index contributed by atoms with van der Waals surface area (Å²) in [7, 11) is 0. The summed E-state index contributed by atoms with van der Waals surface area (Å²) in [4.78, 5) is 55.6. The number of carbonyl (C=O) groups excluding carboxylic acids is 3. The molecule has 2 fully saturated rings. The highest BCUT2D eigenvalue weighted by atomic mass is 16.2. The molecular formula is C27H34N4O4. The molecule has 1 aromatic carbocycles. The van der Waals surface area contributed by atoms with Crippen LogP contribution in [0, 0.1) is 0 Å². The maximum absolute atomic E-state index is 13.5. The third-order valence-corrected chi connectivity index (χ3v) is 6.91. The Morgan fingerprint density at radius 2 is 1.69 bits per heavy atom. The van der Waals surface area contributed by atoms with Gasteiger partial charge < -0.3 is 19.7 Å². The zero-order valence-electron chi connectivity index (χ0n) is 20.4. The lowest BCUT2D eigenvalue weighted by molar-refractivity contribution is -0.120. The van der Waals surface area contributed by atoms with Gasteiger partial charge >= 0.3 is 0 Å². The third kappa shape index (κ3) is 5.63. The minimum atomic E-state index is -0.575. The van der Waals surface area contributed by atoms with Crippen molar-refractivity contribution in [1.29, 1.82) is 0 Å². The van der Waals surface area contributed by atoms with Gasteiger partial charge in [0.15, 0.2) is 0 Å². The number of pyridine rings is 1. The van der Waals surface area contributed by atoms with Crippen molar-refractivity contribution >= 4 is 23.4 Å². The maximum atomic E-state index is 13.5. The Labute approximate surface area is 205 Å². The van der Waals surface area contributed by atoms with Gasteiger partial charge in [-0.1, -0.05) is 50.8 Å². The zero-order valence-corrected chi connectivity index (χ0v) is 20.4. The molecule has 0 spiro atoms. The van der Waals surface area contributed by atoms with Gasteiger partial charge in [0.05, 0.1) is 0 Å². The van der Waals surface area contributed by atoms with Crippen LogP contribution in [0.2, 0.25) is 0 Å². The SMILES string of the molecule is CCCCNC(=O)c1cn(C2CCCCC2)cc(C(=O)N2CCN(c3ccccc3)C(=O)C2)c1=O. The minimum absolute atomic E-state index is 0.00762. The standard InChI is InChI=1S/C27H34N4O4/c1-2-3-14-28-26(34)22-17-30(20-10-6-4-7-11-20)18-23(25(22)33)27(35)29-15-16-31(24(32)19-29)21-12-8-5-9-13-21/h5,8-9,12-13,17-18,20H,2-4,6-7,10-11,14-16,19H2,1H3,(H,28,34). The van der Waals surface area contributed by atoms with Gasteiger partial charge in [-0.2, -0.15) is 0 Å². The summed E-state index contributed by atoms with van der Waals surface area (Å²) in [5.41, 5.74) is 0.162. The molecule has 1 saturated heterocycles. The molecule has 35 heavy (non-hydrogen) atoms. The van der Waals surface area contributed by atoms with Crippen molar-refractivity contribution in [2.45, 2.75) is 57.9 Å². The van der Waals surface area contributed by atoms with E-state index in [2.05, 4.69) is 5.32 Å². The lowest BCUT2D eigenvalue weighted by atomic mass is 9.95. The summed E-state index contributed by atoms with van der Waals surface area (Å²) in [6.07, 6.45) is 10.2. The number of hydrogen-bond donors (Lipinski definition) is 1. The van der Waals surface area contributed by atoms with E-state index in [0.29, 0.717) is 19.6 Å². The van der Waals surface area contributed by atoms with E-state index in [1.807, 2.05) is 41.8 Å². The summed E-state index contributed by atoms with van der Waals surface area (Å²) in [6, 6.07) is 9.49. The predicted molar refractivity (Wildman–Crippen MR) is 135 cm³/mol. The van der Waals surface area contributed by atoms with Crippen molar-refractivity contribution in [3.63, 3.8) is 0 Å². The first-order valence-corrected chi connectivity index (χ1v) is 12.7. The van der Waals surface area contributed by atoms with E-state index in [1.165, 1.54) is 11.3 Å². The van der Waals surface area contributed by atoms with Crippen LogP contribution < -0.4 is 15.6 Å². The molecule has 1 aliphatic heterocycles. The van der Waals surface area contributed by atoms with Crippen LogP contribution in [0.4, 0.5) is 5.69 Å². The predicted octanol–water partition coefficient (Wildman–Crippen LogP) is 3.37. The van der Waals surface area contributed by atoms with Crippen LogP contribution in [-0.4, -0.2) is 53.4 Å². The molecule has 2 aliphatic rings. The van der Waals surface area contributed by atoms with Crippen LogP contribution in [0.25, 0.3) is 0 Å². The van der Waals surface area contributed by atoms with Crippen LogP contribution in [0.15, 0.2) is 47.5 Å². The Bertz CT molecular complexity index is 1120. The van der Waals surface area contributed by atoms with Crippen LogP contribution in [-0.2, 0) is 4.79 Å². The molecule has 1 aliphatic carbocycles. The monoisotopic (exact) mass is 478 g/mol. The number of aromatic nitrogens is 1. The number of amides is 3. The molecule has 0 unspecified atom stereocenters. The summed E-state index contributed by atoms with van der Waals surface area (Å²) < 4.78 is 1.88. The molecule has 2 aromatic rings. The molecule has 1 aromatic heterocycles. The lowest BCUT2D eigenvalue weighted by Crippen LogP contribution is -2.53. The Morgan fingerprint density at radius 1 is 0.971 bits per heavy atom. The number of nitrogens with zero attached hydrogens (tertiary/aromatic N) is 3. The van der Waals surface area contributed by atoms with E-state index in [-0.39, 0.29) is 29.6 Å². The quantitative estimate of drug-likeness (QED) is 0.618. The van der Waals surface area contributed by atoms with Crippen LogP contribution in [0.5, 0.6) is 0 Å². The number of piperazine rings is 1. The first kappa shape index (κ1) is 24.7. The number of hydrogen-bond acceptors (Lipinski definition) is 4. The fourth-order valence-corrected chi connectivity index (χ4v) is 4.87. The highest BCUT2D eigenvalue weighted by Crippen LogP contribution is 2.28. The highest BCUT2D eigenvalue weighted by molar-refractivity contribution is 6.03. The summed E-state index contributed by atoms with van der Waals surface area (Å²) in [6.45, 7) is 3.06. The number of anilines is 1. The van der Waals surface area contributed by atoms with E-state index in [0.717, 1.165) is 44.2 Å². The summed E-state index contributed by atoms with van der Waals surface area (Å²) in [5.74, 6) is -1.15. The average molecular weight is 479 g/mol. The van der Waals surface area contributed by atoms with Gasteiger partial charge in [-0.05, 0) is 31.4 Å². The van der Waals surface area contributed by atoms with Crippen molar-refractivity contribution in [2.24, 2.45) is 0 Å². The van der Waals surface area contributed by atoms with Gasteiger partial charge in [-0.25, -0.2) is 0 Å². The molecule has 1 N–H and O–H groups in total. The highest BCUT2D eigenvalue weighted by Gasteiger charge is 2.31. The van der Waals surface area contributed by atoms with Gasteiger partial charge in [0.25, 0.3) is 11.8 Å². The van der Waals surface area contributed by atoms with Crippen molar-refractivity contribution in [2.75, 3.05) is 31.1 Å². The van der Waals surface area contributed by atoms with Gasteiger partial charge in [0.2, 0.25) is 11.3 Å². The zero-order chi connectivity index (χ0) is 24.8. The number of rotatable bonds is 7. The van der Waals surface area contributed by atoms with Gasteiger partial charge in [0, 0.05) is 43.8 Å². The van der Waals surface area contributed by atoms with Crippen molar-refractivity contribution in [1.82, 2.24) is 14.8 Å². The minimum Gasteiger partial charge on any atom is -0.352 e. The molecule has 2 heterocycles. The van der Waals surface area contributed by atoms with Gasteiger partial charge in [0.1, 0.15) is 17.7 Å². The number of benzene rings is 1. The second kappa shape index (κ2) is 11.3. The first-order chi connectivity index (χ1) is 17.0. The topological polar surface area (TPSA) is 91.7 Å². The second-order valence-electron chi connectivity index (χ2n) is 9.37. The van der Waals surface area contributed by atoms with E-state index in [9.17, 15) is 19.2 Å². The fraction of sp³-hybridized carbons (Fsp3) is 0.481. The van der Waals surface area contributed by atoms with E-state index < -0.39 is 17.2 Å². The van der Waals surface area contributed by atoms with Crippen LogP contribution in [0.1, 0.15) is 78.6 Å². The smallest absolute Gasteiger partial charge is 0.259 e. The van der Waals surface area contributed by atoms with Gasteiger partial charge in [-0.15, -0.1) is 0 Å².